The first-order valence-electron chi connectivity index (χ1n) is 6.14. The van der Waals surface area contributed by atoms with Gasteiger partial charge in [-0.25, -0.2) is 0 Å². The molecule has 4 nitrogen and oxygen atoms in total. The molecule has 0 radical (unpaired) electrons. The van der Waals surface area contributed by atoms with Gasteiger partial charge in [-0.05, 0) is 37.8 Å². The number of aromatic nitrogens is 1. The number of hydrogen-bond acceptors (Lipinski definition) is 4. The van der Waals surface area contributed by atoms with Gasteiger partial charge in [0, 0.05) is 19.3 Å². The molecular formula is C13H18N4. The molecule has 1 saturated heterocycles. The molecule has 0 spiro atoms. The zero-order chi connectivity index (χ0) is 12.1. The fraction of sp³-hybridized carbons (Fsp3) is 0.538. The molecule has 0 atom stereocenters. The summed E-state index contributed by atoms with van der Waals surface area (Å²) in [5.41, 5.74) is 7.28. The summed E-state index contributed by atoms with van der Waals surface area (Å²) in [6.07, 6.45) is 6.91. The van der Waals surface area contributed by atoms with Crippen LogP contribution >= 0.6 is 0 Å². The molecule has 0 bridgehead atoms. The van der Waals surface area contributed by atoms with E-state index in [0.29, 0.717) is 0 Å². The highest BCUT2D eigenvalue weighted by molar-refractivity contribution is 5.57. The molecule has 4 heteroatoms. The minimum Gasteiger partial charge on any atom is -0.369 e. The van der Waals surface area contributed by atoms with Crippen LogP contribution in [0, 0.1) is 17.2 Å². The van der Waals surface area contributed by atoms with Crippen molar-refractivity contribution in [2.75, 3.05) is 24.5 Å². The topological polar surface area (TPSA) is 65.9 Å². The number of piperidine rings is 1. The second kappa shape index (κ2) is 5.65. The Balaban J connectivity index is 2.03. The number of rotatable bonds is 3. The van der Waals surface area contributed by atoms with Crippen LogP contribution in [0.3, 0.4) is 0 Å². The van der Waals surface area contributed by atoms with Crippen LogP contribution in [0.25, 0.3) is 0 Å². The van der Waals surface area contributed by atoms with Gasteiger partial charge in [0.15, 0.2) is 0 Å². The largest absolute Gasteiger partial charge is 0.369 e. The fourth-order valence-electron chi connectivity index (χ4n) is 2.43. The summed E-state index contributed by atoms with van der Waals surface area (Å²) in [6.45, 7) is 2.79. The van der Waals surface area contributed by atoms with E-state index in [-0.39, 0.29) is 0 Å². The standard InChI is InChI=1S/C13H18N4/c14-5-1-11-3-7-17(8-4-11)13-10-16-6-2-12(13)9-15/h2,6,10-11H,1,3-5,7-8,14H2. The van der Waals surface area contributed by atoms with E-state index in [1.54, 1.807) is 18.5 Å². The van der Waals surface area contributed by atoms with Crippen LogP contribution in [-0.2, 0) is 0 Å². The average Bonchev–Trinajstić information content (AvgIpc) is 2.40. The van der Waals surface area contributed by atoms with Gasteiger partial charge in [-0.1, -0.05) is 0 Å². The highest BCUT2D eigenvalue weighted by atomic mass is 15.1. The Kier molecular flexibility index (Phi) is 3.94. The number of nitriles is 1. The molecule has 0 unspecified atom stereocenters. The molecule has 1 aromatic rings. The van der Waals surface area contributed by atoms with E-state index < -0.39 is 0 Å². The number of nitrogens with two attached hydrogens (primary N) is 1. The molecule has 0 aliphatic carbocycles. The van der Waals surface area contributed by atoms with E-state index >= 15 is 0 Å². The summed E-state index contributed by atoms with van der Waals surface area (Å²) in [5.74, 6) is 0.749. The second-order valence-corrected chi connectivity index (χ2v) is 4.51. The number of anilines is 1. The Morgan fingerprint density at radius 1 is 1.47 bits per heavy atom. The maximum Gasteiger partial charge on any atom is 0.101 e. The van der Waals surface area contributed by atoms with Crippen molar-refractivity contribution < 1.29 is 0 Å². The molecule has 0 saturated carbocycles. The van der Waals surface area contributed by atoms with Gasteiger partial charge in [-0.2, -0.15) is 5.26 Å². The van der Waals surface area contributed by atoms with Gasteiger partial charge in [0.2, 0.25) is 0 Å². The van der Waals surface area contributed by atoms with Crippen molar-refractivity contribution in [2.45, 2.75) is 19.3 Å². The van der Waals surface area contributed by atoms with Gasteiger partial charge in [-0.3, -0.25) is 4.98 Å². The normalized spacial score (nSPS) is 16.8. The first-order chi connectivity index (χ1) is 8.35. The Morgan fingerprint density at radius 3 is 2.88 bits per heavy atom. The van der Waals surface area contributed by atoms with E-state index in [2.05, 4.69) is 16.0 Å². The van der Waals surface area contributed by atoms with Crippen molar-refractivity contribution in [2.24, 2.45) is 11.7 Å². The van der Waals surface area contributed by atoms with E-state index in [4.69, 9.17) is 11.0 Å². The van der Waals surface area contributed by atoms with Crippen LogP contribution in [0.2, 0.25) is 0 Å². The summed E-state index contributed by atoms with van der Waals surface area (Å²) in [7, 11) is 0. The molecule has 1 aromatic heterocycles. The lowest BCUT2D eigenvalue weighted by molar-refractivity contribution is 0.386. The smallest absolute Gasteiger partial charge is 0.101 e. The molecule has 1 aliphatic rings. The molecule has 2 N–H and O–H groups in total. The number of nitrogens with zero attached hydrogens (tertiary/aromatic N) is 3. The predicted molar refractivity (Wildman–Crippen MR) is 67.6 cm³/mol. The third-order valence-electron chi connectivity index (χ3n) is 3.45. The van der Waals surface area contributed by atoms with Crippen LogP contribution in [0.1, 0.15) is 24.8 Å². The van der Waals surface area contributed by atoms with Crippen LogP contribution in [-0.4, -0.2) is 24.6 Å². The van der Waals surface area contributed by atoms with Gasteiger partial charge < -0.3 is 10.6 Å². The van der Waals surface area contributed by atoms with Gasteiger partial charge in [0.05, 0.1) is 17.4 Å². The molecule has 0 aromatic carbocycles. The maximum absolute atomic E-state index is 9.06. The van der Waals surface area contributed by atoms with Crippen LogP contribution < -0.4 is 10.6 Å². The van der Waals surface area contributed by atoms with Crippen molar-refractivity contribution in [3.05, 3.63) is 24.0 Å². The molecule has 2 heterocycles. The monoisotopic (exact) mass is 230 g/mol. The summed E-state index contributed by atoms with van der Waals surface area (Å²) in [6, 6.07) is 4.01. The highest BCUT2D eigenvalue weighted by Gasteiger charge is 2.20. The van der Waals surface area contributed by atoms with Crippen molar-refractivity contribution in [3.63, 3.8) is 0 Å². The first-order valence-corrected chi connectivity index (χ1v) is 6.14. The first kappa shape index (κ1) is 11.9. The van der Waals surface area contributed by atoms with Crippen molar-refractivity contribution in [3.8, 4) is 6.07 Å². The molecule has 90 valence electrons. The molecule has 1 aliphatic heterocycles. The third kappa shape index (κ3) is 2.75. The van der Waals surface area contributed by atoms with Gasteiger partial charge in [0.1, 0.15) is 6.07 Å². The Hall–Kier alpha value is -1.60. The Labute approximate surface area is 102 Å². The summed E-state index contributed by atoms with van der Waals surface area (Å²) < 4.78 is 0. The number of hydrogen-bond donors (Lipinski definition) is 1. The zero-order valence-corrected chi connectivity index (χ0v) is 9.97. The van der Waals surface area contributed by atoms with Crippen molar-refractivity contribution in [1.82, 2.24) is 4.98 Å². The lowest BCUT2D eigenvalue weighted by Gasteiger charge is -2.33. The van der Waals surface area contributed by atoms with E-state index in [0.717, 1.165) is 56.1 Å². The van der Waals surface area contributed by atoms with Crippen molar-refractivity contribution in [1.29, 1.82) is 5.26 Å². The lowest BCUT2D eigenvalue weighted by Crippen LogP contribution is -2.34. The quantitative estimate of drug-likeness (QED) is 0.855. The maximum atomic E-state index is 9.06. The third-order valence-corrected chi connectivity index (χ3v) is 3.45. The average molecular weight is 230 g/mol. The Morgan fingerprint density at radius 2 is 2.24 bits per heavy atom. The SMILES string of the molecule is N#Cc1ccncc1N1CCC(CCN)CC1. The summed E-state index contributed by atoms with van der Waals surface area (Å²) in [4.78, 5) is 6.37. The fourth-order valence-corrected chi connectivity index (χ4v) is 2.43. The van der Waals surface area contributed by atoms with E-state index in [1.165, 1.54) is 0 Å². The molecule has 2 rings (SSSR count). The van der Waals surface area contributed by atoms with Crippen LogP contribution in [0.4, 0.5) is 5.69 Å². The minimum absolute atomic E-state index is 0.720. The molecular weight excluding hydrogens is 212 g/mol. The van der Waals surface area contributed by atoms with E-state index in [9.17, 15) is 0 Å². The predicted octanol–water partition coefficient (Wildman–Crippen LogP) is 1.52. The summed E-state index contributed by atoms with van der Waals surface area (Å²) >= 11 is 0. The minimum atomic E-state index is 0.720. The summed E-state index contributed by atoms with van der Waals surface area (Å²) in [5, 5.41) is 9.06. The second-order valence-electron chi connectivity index (χ2n) is 4.51. The molecule has 0 amide bonds. The molecule has 17 heavy (non-hydrogen) atoms. The lowest BCUT2D eigenvalue weighted by atomic mass is 9.93. The van der Waals surface area contributed by atoms with Gasteiger partial charge in [-0.15, -0.1) is 0 Å². The van der Waals surface area contributed by atoms with E-state index in [1.807, 2.05) is 0 Å². The van der Waals surface area contributed by atoms with Crippen LogP contribution in [0.15, 0.2) is 18.5 Å². The highest BCUT2D eigenvalue weighted by Crippen LogP contribution is 2.26. The Bertz CT molecular complexity index is 402. The van der Waals surface area contributed by atoms with Crippen molar-refractivity contribution >= 4 is 5.69 Å². The molecule has 1 fully saturated rings. The zero-order valence-electron chi connectivity index (χ0n) is 9.97. The van der Waals surface area contributed by atoms with Crippen LogP contribution in [0.5, 0.6) is 0 Å². The number of pyridine rings is 1. The van der Waals surface area contributed by atoms with Gasteiger partial charge >= 0.3 is 0 Å². The van der Waals surface area contributed by atoms with Gasteiger partial charge in [0.25, 0.3) is 0 Å².